The van der Waals surface area contributed by atoms with Gasteiger partial charge in [-0.05, 0) is 0 Å². The van der Waals surface area contributed by atoms with Crippen molar-refractivity contribution >= 4 is 23.2 Å². The molecule has 0 aromatic heterocycles. The zero-order valence-electron chi connectivity index (χ0n) is 17.8. The second-order valence-electron chi connectivity index (χ2n) is 8.23. The fourth-order valence-electron chi connectivity index (χ4n) is 4.85. The van der Waals surface area contributed by atoms with Crippen LogP contribution in [0.3, 0.4) is 0 Å². The fraction of sp³-hybridized carbons (Fsp3) is 0.308. The Hall–Kier alpha value is -2.03. The van der Waals surface area contributed by atoms with E-state index in [-0.39, 0.29) is 0 Å². The Morgan fingerprint density at radius 3 is 1.30 bits per heavy atom. The van der Waals surface area contributed by atoms with Crippen molar-refractivity contribution in [2.75, 3.05) is 52.0 Å². The monoisotopic (exact) mass is 419 g/mol. The Balaban J connectivity index is 1.67. The van der Waals surface area contributed by atoms with Crippen molar-refractivity contribution in [2.45, 2.75) is 0 Å². The molecule has 3 aromatic carbocycles. The summed E-state index contributed by atoms with van der Waals surface area (Å²) in [5.74, 6) is 0. The molecular weight excluding hydrogens is 385 g/mol. The average molecular weight is 420 g/mol. The van der Waals surface area contributed by atoms with Crippen LogP contribution in [-0.4, -0.2) is 61.8 Å². The van der Waals surface area contributed by atoms with Crippen LogP contribution in [0, 0.1) is 0 Å². The van der Waals surface area contributed by atoms with Gasteiger partial charge in [0.05, 0.1) is 0 Å². The van der Waals surface area contributed by atoms with E-state index >= 15 is 0 Å². The predicted octanol–water partition coefficient (Wildman–Crippen LogP) is 2.29. The van der Waals surface area contributed by atoms with Crippen LogP contribution in [0.4, 0.5) is 0 Å². The number of benzene rings is 3. The van der Waals surface area contributed by atoms with Crippen molar-refractivity contribution in [3.8, 4) is 0 Å². The normalized spacial score (nSPS) is 16.4. The zero-order valence-corrected chi connectivity index (χ0v) is 18.8. The van der Waals surface area contributed by atoms with E-state index in [0.29, 0.717) is 0 Å². The first-order chi connectivity index (χ1) is 14.8. The van der Waals surface area contributed by atoms with Gasteiger partial charge in [0.2, 0.25) is 0 Å². The molecule has 0 atom stereocenters. The van der Waals surface area contributed by atoms with Crippen molar-refractivity contribution < 1.29 is 0 Å². The summed E-state index contributed by atoms with van der Waals surface area (Å²) >= 11 is 0. The van der Waals surface area contributed by atoms with Crippen LogP contribution in [0.1, 0.15) is 0 Å². The SMILES string of the molecule is NCCN1CCN(CC[PH](c2ccccc2)(c2ccccc2)c2ccccc2)CC1. The van der Waals surface area contributed by atoms with Gasteiger partial charge in [0, 0.05) is 0 Å². The predicted molar refractivity (Wildman–Crippen MR) is 133 cm³/mol. The van der Waals surface area contributed by atoms with E-state index in [1.807, 2.05) is 0 Å². The fourth-order valence-corrected chi connectivity index (χ4v) is 9.65. The van der Waals surface area contributed by atoms with Crippen molar-refractivity contribution in [1.82, 2.24) is 9.80 Å². The van der Waals surface area contributed by atoms with Gasteiger partial charge in [-0.2, -0.15) is 0 Å². The molecule has 4 heteroatoms. The van der Waals surface area contributed by atoms with E-state index in [9.17, 15) is 0 Å². The second-order valence-corrected chi connectivity index (χ2v) is 12.3. The maximum atomic E-state index is 5.75. The molecule has 30 heavy (non-hydrogen) atoms. The van der Waals surface area contributed by atoms with E-state index in [2.05, 4.69) is 101 Å². The Bertz CT molecular complexity index is 781. The number of nitrogens with two attached hydrogens (primary N) is 1. The first-order valence-corrected chi connectivity index (χ1v) is 13.3. The van der Waals surface area contributed by atoms with E-state index < -0.39 is 7.26 Å². The molecule has 2 N–H and O–H groups in total. The van der Waals surface area contributed by atoms with Crippen molar-refractivity contribution in [3.05, 3.63) is 91.0 Å². The molecule has 3 aromatic rings. The number of piperazine rings is 1. The molecule has 3 nitrogen and oxygen atoms in total. The quantitative estimate of drug-likeness (QED) is 0.569. The van der Waals surface area contributed by atoms with Gasteiger partial charge in [-0.1, -0.05) is 0 Å². The molecule has 0 unspecified atom stereocenters. The third-order valence-electron chi connectivity index (χ3n) is 6.51. The Morgan fingerprint density at radius 1 is 0.567 bits per heavy atom. The number of hydrogen-bond donors (Lipinski definition) is 1. The molecule has 0 radical (unpaired) electrons. The summed E-state index contributed by atoms with van der Waals surface area (Å²) in [4.78, 5) is 5.15. The van der Waals surface area contributed by atoms with E-state index in [1.54, 1.807) is 0 Å². The van der Waals surface area contributed by atoms with E-state index in [0.717, 1.165) is 45.8 Å². The van der Waals surface area contributed by atoms with Crippen molar-refractivity contribution in [2.24, 2.45) is 5.73 Å². The first kappa shape index (κ1) is 21.2. The molecule has 1 heterocycles. The number of nitrogens with zero attached hydrogens (tertiary/aromatic N) is 2. The van der Waals surface area contributed by atoms with Crippen LogP contribution in [0.5, 0.6) is 0 Å². The molecule has 1 fully saturated rings. The van der Waals surface area contributed by atoms with Crippen LogP contribution in [0.25, 0.3) is 0 Å². The summed E-state index contributed by atoms with van der Waals surface area (Å²) in [7, 11) is -2.12. The molecule has 1 saturated heterocycles. The molecular formula is C26H34N3P. The van der Waals surface area contributed by atoms with Gasteiger partial charge in [0.1, 0.15) is 0 Å². The topological polar surface area (TPSA) is 32.5 Å². The van der Waals surface area contributed by atoms with E-state index in [4.69, 9.17) is 5.73 Å². The molecule has 0 saturated carbocycles. The average Bonchev–Trinajstić information content (AvgIpc) is 2.83. The van der Waals surface area contributed by atoms with Crippen LogP contribution in [0.15, 0.2) is 91.0 Å². The van der Waals surface area contributed by atoms with Gasteiger partial charge >= 0.3 is 182 Å². The first-order valence-electron chi connectivity index (χ1n) is 11.1. The Morgan fingerprint density at radius 2 is 0.933 bits per heavy atom. The van der Waals surface area contributed by atoms with Gasteiger partial charge < -0.3 is 0 Å². The molecule has 158 valence electrons. The van der Waals surface area contributed by atoms with Gasteiger partial charge in [0.25, 0.3) is 0 Å². The summed E-state index contributed by atoms with van der Waals surface area (Å²) in [6.07, 6.45) is 1.20. The summed E-state index contributed by atoms with van der Waals surface area (Å²) in [5.41, 5.74) is 5.75. The van der Waals surface area contributed by atoms with Crippen LogP contribution in [0.2, 0.25) is 0 Å². The molecule has 0 aliphatic carbocycles. The summed E-state index contributed by atoms with van der Waals surface area (Å²) < 4.78 is 0. The summed E-state index contributed by atoms with van der Waals surface area (Å²) in [6.45, 7) is 7.46. The third-order valence-corrected chi connectivity index (χ3v) is 11.4. The molecule has 0 bridgehead atoms. The summed E-state index contributed by atoms with van der Waals surface area (Å²) in [6, 6.07) is 33.7. The standard InChI is InChI=1S/C26H34N3P/c27-16-17-28-18-20-29(21-19-28)22-23-30(24-10-4-1-5-11-24,25-12-6-2-7-13-25)26-14-8-3-9-15-26/h1-15,30H,16-23,27H2. The van der Waals surface area contributed by atoms with Crippen molar-refractivity contribution in [1.29, 1.82) is 0 Å². The van der Waals surface area contributed by atoms with Gasteiger partial charge in [-0.25, -0.2) is 0 Å². The molecule has 1 aliphatic rings. The molecule has 1 aliphatic heterocycles. The minimum absolute atomic E-state index is 0.756. The maximum absolute atomic E-state index is 5.75. The minimum atomic E-state index is -2.12. The van der Waals surface area contributed by atoms with Crippen LogP contribution < -0.4 is 21.6 Å². The van der Waals surface area contributed by atoms with Crippen molar-refractivity contribution in [3.63, 3.8) is 0 Å². The third kappa shape index (κ3) is 4.66. The number of hydrogen-bond acceptors (Lipinski definition) is 3. The van der Waals surface area contributed by atoms with Gasteiger partial charge in [-0.15, -0.1) is 0 Å². The van der Waals surface area contributed by atoms with E-state index in [1.165, 1.54) is 22.1 Å². The van der Waals surface area contributed by atoms with Crippen LogP contribution in [-0.2, 0) is 0 Å². The van der Waals surface area contributed by atoms with Gasteiger partial charge in [-0.3, -0.25) is 0 Å². The molecule has 4 rings (SSSR count). The second kappa shape index (κ2) is 10.3. The molecule has 0 spiro atoms. The Kier molecular flexibility index (Phi) is 7.30. The molecule has 0 amide bonds. The summed E-state index contributed by atoms with van der Waals surface area (Å²) in [5, 5.41) is 4.51. The van der Waals surface area contributed by atoms with Crippen LogP contribution >= 0.6 is 7.26 Å². The van der Waals surface area contributed by atoms with Gasteiger partial charge in [0.15, 0.2) is 0 Å². The zero-order chi connectivity index (χ0) is 20.7. The Labute approximate surface area is 181 Å². The number of rotatable bonds is 8.